The molecule has 14 nitrogen and oxygen atoms in total. The highest BCUT2D eigenvalue weighted by atomic mass is 127. The molecule has 1 atom stereocenters. The average Bonchev–Trinajstić information content (AvgIpc) is 3.90. The van der Waals surface area contributed by atoms with Crippen molar-refractivity contribution in [1.82, 2.24) is 40.0 Å². The van der Waals surface area contributed by atoms with E-state index >= 15 is 0 Å². The Hall–Kier alpha value is -6.14. The lowest BCUT2D eigenvalue weighted by molar-refractivity contribution is -0.192. The van der Waals surface area contributed by atoms with Gasteiger partial charge in [0.25, 0.3) is 11.8 Å². The molecular formula is C63H73F3I2N10O4. The number of alkyl halides is 5. The summed E-state index contributed by atoms with van der Waals surface area (Å²) in [5.74, 6) is 0.0688. The second-order valence-corrected chi connectivity index (χ2v) is 26.1. The van der Waals surface area contributed by atoms with Crippen molar-refractivity contribution in [2.75, 3.05) is 52.4 Å². The number of likely N-dealkylation sites (tertiary alicyclic amines) is 2. The number of carboxylic acid groups (broad SMARTS) is 1. The van der Waals surface area contributed by atoms with Gasteiger partial charge in [0.1, 0.15) is 11.6 Å². The van der Waals surface area contributed by atoms with Gasteiger partial charge in [-0.2, -0.15) is 23.7 Å². The smallest absolute Gasteiger partial charge is 0.475 e. The van der Waals surface area contributed by atoms with Gasteiger partial charge >= 0.3 is 12.1 Å². The number of hydrogen-bond donors (Lipinski definition) is 4. The number of benzene rings is 4. The molecule has 2 amide bonds. The number of aromatic amines is 2. The van der Waals surface area contributed by atoms with Crippen LogP contribution in [0.2, 0.25) is 0 Å². The summed E-state index contributed by atoms with van der Waals surface area (Å²) in [5, 5.41) is 28.6. The van der Waals surface area contributed by atoms with Gasteiger partial charge in [-0.3, -0.25) is 14.5 Å². The number of hydrogen-bond acceptors (Lipinski definition) is 9. The quantitative estimate of drug-likeness (QED) is 0.0678. The number of nitriles is 2. The largest absolute Gasteiger partial charge is 0.490 e. The number of piperidine rings is 2. The molecule has 4 aromatic carbocycles. The van der Waals surface area contributed by atoms with Gasteiger partial charge in [-0.25, -0.2) is 14.8 Å². The predicted molar refractivity (Wildman–Crippen MR) is 331 cm³/mol. The van der Waals surface area contributed by atoms with Crippen molar-refractivity contribution in [1.29, 1.82) is 10.5 Å². The normalized spacial score (nSPS) is 16.2. The van der Waals surface area contributed by atoms with Crippen LogP contribution in [0.5, 0.6) is 0 Å². The molecule has 0 aliphatic carbocycles. The van der Waals surface area contributed by atoms with E-state index in [9.17, 15) is 22.8 Å². The van der Waals surface area contributed by atoms with E-state index in [1.54, 1.807) is 0 Å². The number of carbonyl (C=O) groups excluding carboxylic acids is 2. The summed E-state index contributed by atoms with van der Waals surface area (Å²) < 4.78 is 33.1. The minimum Gasteiger partial charge on any atom is -0.475 e. The molecule has 6 heterocycles. The Labute approximate surface area is 507 Å². The molecule has 1 unspecified atom stereocenters. The maximum atomic E-state index is 13.6. The van der Waals surface area contributed by atoms with Gasteiger partial charge < -0.3 is 30.2 Å². The third-order valence-corrected chi connectivity index (χ3v) is 16.3. The van der Waals surface area contributed by atoms with Crippen LogP contribution in [0.3, 0.4) is 0 Å². The third kappa shape index (κ3) is 16.6. The number of carboxylic acids is 1. The minimum atomic E-state index is -5.08. The standard InChI is InChI=1S/C30H34IN5O.C28H31N5O.C3H7I.C2HF3O2/c1-19-16-20(2)26(17-25(19)29-33-27-10-14-35(21(3)31)15-11-28(27)34-29)30(37)36-12-8-24(9-13-36)23-6-4-22(18-32)5-7-23;1-18-15-19(2)24(16-23(18)27-31-25-7-11-30-12-8-26(25)32-27)28(34)33-13-9-22(10-14-33)21-5-3-20(17-29)4-6-21;1-3(2)4;3-2(4,5)1(6)7/h4-7,16-17,21,24H,8-15H2,1-3H3,(H,33,34);3-6,15-16,22,30H,7-14H2,1-2H3,(H,31,32);3H,1-2H3;(H,6,7). The average molecular weight is 1350 g/mol. The highest BCUT2D eigenvalue weighted by Gasteiger charge is 2.38. The second kappa shape index (κ2) is 28.9. The molecule has 434 valence electrons. The molecule has 4 aliphatic rings. The molecule has 19 heteroatoms. The van der Waals surface area contributed by atoms with E-state index < -0.39 is 12.1 Å². The topological polar surface area (TPSA) is 198 Å². The molecule has 4 aliphatic heterocycles. The first-order valence-corrected chi connectivity index (χ1v) is 30.5. The van der Waals surface area contributed by atoms with Crippen LogP contribution in [0.4, 0.5) is 13.2 Å². The van der Waals surface area contributed by atoms with Gasteiger partial charge in [0.15, 0.2) is 0 Å². The molecule has 2 saturated heterocycles. The zero-order valence-corrected chi connectivity index (χ0v) is 52.1. The number of nitrogens with zero attached hydrogens (tertiary/aromatic N) is 7. The van der Waals surface area contributed by atoms with E-state index in [4.69, 9.17) is 30.4 Å². The Balaban J connectivity index is 0.000000200. The molecule has 2 fully saturated rings. The fraction of sp³-hybridized carbons (Fsp3) is 0.444. The summed E-state index contributed by atoms with van der Waals surface area (Å²) in [5.41, 5.74) is 16.5. The van der Waals surface area contributed by atoms with Crippen LogP contribution in [0, 0.1) is 50.4 Å². The van der Waals surface area contributed by atoms with Crippen molar-refractivity contribution in [2.24, 2.45) is 0 Å². The zero-order valence-electron chi connectivity index (χ0n) is 47.7. The fourth-order valence-corrected chi connectivity index (χ4v) is 11.6. The van der Waals surface area contributed by atoms with Crippen molar-refractivity contribution < 1.29 is 32.7 Å². The Bertz CT molecular complexity index is 3220. The van der Waals surface area contributed by atoms with Crippen molar-refractivity contribution in [2.45, 2.75) is 126 Å². The monoisotopic (exact) mass is 1340 g/mol. The summed E-state index contributed by atoms with van der Waals surface area (Å²) in [6.45, 7) is 21.7. The van der Waals surface area contributed by atoms with Crippen molar-refractivity contribution in [3.8, 4) is 34.9 Å². The Morgan fingerprint density at radius 1 is 0.610 bits per heavy atom. The van der Waals surface area contributed by atoms with E-state index in [2.05, 4.69) is 155 Å². The van der Waals surface area contributed by atoms with Crippen LogP contribution in [-0.4, -0.2) is 124 Å². The van der Waals surface area contributed by atoms with Crippen molar-refractivity contribution in [3.63, 3.8) is 0 Å². The number of fused-ring (bicyclic) bond motifs is 2. The number of aromatic nitrogens is 4. The van der Waals surface area contributed by atoms with Gasteiger partial charge in [0, 0.05) is 116 Å². The number of amides is 2. The van der Waals surface area contributed by atoms with Gasteiger partial charge in [-0.05, 0) is 142 Å². The maximum Gasteiger partial charge on any atom is 0.490 e. The molecule has 0 spiro atoms. The SMILES string of the molecule is CC(C)I.Cc1cc(C)c(-c2nc3c([nH]2)CCN(C(C)I)CC3)cc1C(=O)N1CCC(c2ccc(C#N)cc2)CC1.Cc1cc(C)c(-c2nc3c([nH]2)CCNCC3)cc1C(=O)N1CCC(c2ccc(C#N)cc2)CC1.O=C(O)C(F)(F)F. The number of halogens is 5. The highest BCUT2D eigenvalue weighted by molar-refractivity contribution is 14.1. The number of nitrogens with one attached hydrogen (secondary N) is 3. The third-order valence-electron chi connectivity index (χ3n) is 15.6. The Morgan fingerprint density at radius 2 is 0.988 bits per heavy atom. The Morgan fingerprint density at radius 3 is 1.38 bits per heavy atom. The van der Waals surface area contributed by atoms with Crippen molar-refractivity contribution >= 4 is 63.0 Å². The van der Waals surface area contributed by atoms with Gasteiger partial charge in [0.2, 0.25) is 0 Å². The number of aryl methyl sites for hydroxylation is 4. The van der Waals surface area contributed by atoms with Crippen LogP contribution < -0.4 is 5.32 Å². The second-order valence-electron chi connectivity index (χ2n) is 21.8. The first kappa shape index (κ1) is 63.4. The molecule has 82 heavy (non-hydrogen) atoms. The lowest BCUT2D eigenvalue weighted by Crippen LogP contribution is -2.38. The van der Waals surface area contributed by atoms with E-state index in [1.807, 2.05) is 54.0 Å². The Kier molecular flexibility index (Phi) is 22.4. The number of H-pyrrole nitrogens is 2. The minimum absolute atomic E-state index is 0.106. The first-order chi connectivity index (χ1) is 39.0. The van der Waals surface area contributed by atoms with Crippen LogP contribution in [0.1, 0.15) is 146 Å². The van der Waals surface area contributed by atoms with E-state index in [0.717, 1.165) is 175 Å². The maximum absolute atomic E-state index is 13.6. The summed E-state index contributed by atoms with van der Waals surface area (Å²) in [4.78, 5) is 59.6. The van der Waals surface area contributed by atoms with Gasteiger partial charge in [-0.1, -0.05) is 95.4 Å². The van der Waals surface area contributed by atoms with E-state index in [1.165, 1.54) is 22.5 Å². The van der Waals surface area contributed by atoms with Gasteiger partial charge in [0.05, 0.1) is 38.7 Å². The lowest BCUT2D eigenvalue weighted by atomic mass is 9.88. The molecule has 2 aromatic heterocycles. The molecule has 0 bridgehead atoms. The number of carbonyl (C=O) groups is 3. The number of aliphatic carboxylic acids is 1. The molecule has 0 saturated carbocycles. The van der Waals surface area contributed by atoms with Crippen LogP contribution in [-0.2, 0) is 30.5 Å². The van der Waals surface area contributed by atoms with Crippen molar-refractivity contribution in [3.05, 3.63) is 151 Å². The van der Waals surface area contributed by atoms with Crippen LogP contribution in [0.25, 0.3) is 22.8 Å². The van der Waals surface area contributed by atoms with Crippen LogP contribution in [0.15, 0.2) is 72.8 Å². The van der Waals surface area contributed by atoms with E-state index in [-0.39, 0.29) is 11.8 Å². The van der Waals surface area contributed by atoms with Crippen LogP contribution >= 0.6 is 45.2 Å². The molecule has 6 aromatic rings. The van der Waals surface area contributed by atoms with Gasteiger partial charge in [-0.15, -0.1) is 0 Å². The first-order valence-electron chi connectivity index (χ1n) is 28.0. The number of imidazole rings is 2. The highest BCUT2D eigenvalue weighted by Crippen LogP contribution is 2.34. The summed E-state index contributed by atoms with van der Waals surface area (Å²) in [7, 11) is 0. The molecule has 4 N–H and O–H groups in total. The molecule has 10 rings (SSSR count). The molecule has 0 radical (unpaired) electrons. The number of rotatable bonds is 7. The summed E-state index contributed by atoms with van der Waals surface area (Å²) in [6.07, 6.45) is 2.47. The fourth-order valence-electron chi connectivity index (χ4n) is 11.0. The summed E-state index contributed by atoms with van der Waals surface area (Å²) in [6, 6.07) is 28.5. The summed E-state index contributed by atoms with van der Waals surface area (Å²) >= 11 is 4.83. The van der Waals surface area contributed by atoms with E-state index in [0.29, 0.717) is 27.0 Å². The molecular weight excluding hydrogens is 1270 g/mol. The predicted octanol–water partition coefficient (Wildman–Crippen LogP) is 12.5. The zero-order chi connectivity index (χ0) is 59.4. The lowest BCUT2D eigenvalue weighted by Gasteiger charge is -2.32.